The monoisotopic (exact) mass is 453 g/mol. The van der Waals surface area contributed by atoms with E-state index < -0.39 is 17.6 Å². The van der Waals surface area contributed by atoms with Crippen molar-refractivity contribution in [1.82, 2.24) is 9.88 Å². The van der Waals surface area contributed by atoms with Crippen LogP contribution in [0, 0.1) is 0 Å². The smallest absolute Gasteiger partial charge is 0.255 e. The number of allylic oxidation sites excluding steroid dienone is 2. The molecule has 32 heavy (non-hydrogen) atoms. The molecule has 2 N–H and O–H groups in total. The number of ether oxygens (including phenoxy) is 2. The summed E-state index contributed by atoms with van der Waals surface area (Å²) in [6.07, 6.45) is 5.53. The standard InChI is InChI=1S/C24H24ClN3O4/c1-31-21-10-7-15(12-24(21,32-2)20-9-8-17(25)13-27-20)19(11-22(26)29)28-14-16-5-3-4-6-18(16)23(28)30/h3-10,13,19H,11-12,14H2,1-2H3,(H2,26,29). The summed E-state index contributed by atoms with van der Waals surface area (Å²) in [4.78, 5) is 31.3. The number of nitrogens with zero attached hydrogens (tertiary/aromatic N) is 2. The van der Waals surface area contributed by atoms with Gasteiger partial charge in [0.15, 0.2) is 5.60 Å². The Kier molecular flexibility index (Phi) is 6.04. The van der Waals surface area contributed by atoms with Crippen molar-refractivity contribution in [3.8, 4) is 0 Å². The number of carbonyl (C=O) groups excluding carboxylic acids is 2. The fourth-order valence-corrected chi connectivity index (χ4v) is 4.59. The second kappa shape index (κ2) is 8.76. The normalized spacial score (nSPS) is 21.0. The van der Waals surface area contributed by atoms with Crippen LogP contribution in [0.5, 0.6) is 0 Å². The molecule has 0 spiro atoms. The van der Waals surface area contributed by atoms with E-state index in [1.165, 1.54) is 0 Å². The first-order valence-electron chi connectivity index (χ1n) is 10.2. The molecule has 0 saturated heterocycles. The summed E-state index contributed by atoms with van der Waals surface area (Å²) in [5, 5.41) is 0.501. The maximum atomic E-state index is 13.2. The Morgan fingerprint density at radius 1 is 1.25 bits per heavy atom. The number of hydrogen-bond acceptors (Lipinski definition) is 5. The number of fused-ring (bicyclic) bond motifs is 1. The van der Waals surface area contributed by atoms with Gasteiger partial charge in [-0.25, -0.2) is 0 Å². The van der Waals surface area contributed by atoms with Gasteiger partial charge in [-0.15, -0.1) is 0 Å². The van der Waals surface area contributed by atoms with Crippen LogP contribution in [0.1, 0.15) is 34.5 Å². The van der Waals surface area contributed by atoms with Crippen molar-refractivity contribution in [2.75, 3.05) is 14.2 Å². The van der Waals surface area contributed by atoms with Gasteiger partial charge in [0.05, 0.1) is 30.3 Å². The number of rotatable bonds is 7. The van der Waals surface area contributed by atoms with Crippen molar-refractivity contribution < 1.29 is 19.1 Å². The molecule has 1 aliphatic heterocycles. The molecule has 1 aliphatic carbocycles. The number of pyridine rings is 1. The molecule has 8 heteroatoms. The average molecular weight is 454 g/mol. The lowest BCUT2D eigenvalue weighted by molar-refractivity contribution is -0.118. The Bertz CT molecular complexity index is 1110. The molecule has 2 heterocycles. The van der Waals surface area contributed by atoms with E-state index in [1.54, 1.807) is 49.6 Å². The summed E-state index contributed by atoms with van der Waals surface area (Å²) in [7, 11) is 3.14. The highest BCUT2D eigenvalue weighted by Crippen LogP contribution is 2.44. The Balaban J connectivity index is 1.75. The number of nitrogens with two attached hydrogens (primary N) is 1. The molecule has 2 unspecified atom stereocenters. The molecule has 166 valence electrons. The SMILES string of the molecule is COC1=CC=C(C(CC(N)=O)N2Cc3ccccc3C2=O)CC1(OC)c1ccc(Cl)cn1. The lowest BCUT2D eigenvalue weighted by Gasteiger charge is -2.39. The molecule has 1 aromatic heterocycles. The highest BCUT2D eigenvalue weighted by molar-refractivity contribution is 6.30. The maximum absolute atomic E-state index is 13.2. The van der Waals surface area contributed by atoms with Gasteiger partial charge in [0.2, 0.25) is 5.91 Å². The molecule has 4 rings (SSSR count). The molecule has 2 amide bonds. The van der Waals surface area contributed by atoms with Gasteiger partial charge in [-0.3, -0.25) is 14.6 Å². The van der Waals surface area contributed by atoms with Crippen LogP contribution >= 0.6 is 11.6 Å². The van der Waals surface area contributed by atoms with Gasteiger partial charge in [0, 0.05) is 31.8 Å². The van der Waals surface area contributed by atoms with Crippen LogP contribution in [0.2, 0.25) is 5.02 Å². The number of amides is 2. The topological polar surface area (TPSA) is 94.8 Å². The van der Waals surface area contributed by atoms with Gasteiger partial charge in [-0.1, -0.05) is 35.9 Å². The van der Waals surface area contributed by atoms with Gasteiger partial charge >= 0.3 is 0 Å². The maximum Gasteiger partial charge on any atom is 0.255 e. The summed E-state index contributed by atoms with van der Waals surface area (Å²) < 4.78 is 11.6. The number of hydrogen-bond donors (Lipinski definition) is 1. The molecule has 7 nitrogen and oxygen atoms in total. The van der Waals surface area contributed by atoms with Crippen molar-refractivity contribution >= 4 is 23.4 Å². The van der Waals surface area contributed by atoms with Crippen LogP contribution < -0.4 is 5.73 Å². The van der Waals surface area contributed by atoms with Crippen molar-refractivity contribution in [2.24, 2.45) is 5.73 Å². The summed E-state index contributed by atoms with van der Waals surface area (Å²) in [6, 6.07) is 10.4. The molecule has 0 fully saturated rings. The first kappa shape index (κ1) is 22.0. The first-order valence-corrected chi connectivity index (χ1v) is 10.6. The van der Waals surface area contributed by atoms with Crippen LogP contribution in [-0.2, 0) is 26.4 Å². The number of carbonyl (C=O) groups is 2. The molecule has 2 aliphatic rings. The van der Waals surface area contributed by atoms with Gasteiger partial charge in [0.25, 0.3) is 5.91 Å². The number of primary amides is 1. The first-order chi connectivity index (χ1) is 15.4. The van der Waals surface area contributed by atoms with Gasteiger partial charge < -0.3 is 20.1 Å². The van der Waals surface area contributed by atoms with Crippen molar-refractivity contribution in [3.05, 3.63) is 87.9 Å². The Morgan fingerprint density at radius 2 is 2.03 bits per heavy atom. The minimum Gasteiger partial charge on any atom is -0.498 e. The zero-order chi connectivity index (χ0) is 22.9. The second-order valence-electron chi connectivity index (χ2n) is 7.82. The van der Waals surface area contributed by atoms with Crippen LogP contribution in [0.25, 0.3) is 0 Å². The zero-order valence-corrected chi connectivity index (χ0v) is 18.6. The van der Waals surface area contributed by atoms with E-state index in [2.05, 4.69) is 4.98 Å². The van der Waals surface area contributed by atoms with Crippen LogP contribution in [-0.4, -0.2) is 42.0 Å². The van der Waals surface area contributed by atoms with E-state index in [0.29, 0.717) is 35.0 Å². The summed E-state index contributed by atoms with van der Waals surface area (Å²) >= 11 is 6.04. The lowest BCUT2D eigenvalue weighted by Crippen LogP contribution is -2.44. The highest BCUT2D eigenvalue weighted by Gasteiger charge is 2.45. The zero-order valence-electron chi connectivity index (χ0n) is 17.9. The van der Waals surface area contributed by atoms with Crippen LogP contribution in [0.4, 0.5) is 0 Å². The molecular formula is C24H24ClN3O4. The molecule has 0 saturated carbocycles. The quantitative estimate of drug-likeness (QED) is 0.693. The molecule has 1 aromatic carbocycles. The van der Waals surface area contributed by atoms with E-state index in [-0.39, 0.29) is 12.3 Å². The van der Waals surface area contributed by atoms with Crippen LogP contribution in [0.15, 0.2) is 66.1 Å². The molecular weight excluding hydrogens is 430 g/mol. The fourth-order valence-electron chi connectivity index (χ4n) is 4.48. The minimum atomic E-state index is -1.03. The third kappa shape index (κ3) is 3.78. The van der Waals surface area contributed by atoms with Gasteiger partial charge in [-0.05, 0) is 35.4 Å². The highest BCUT2D eigenvalue weighted by atomic mass is 35.5. The van der Waals surface area contributed by atoms with E-state index in [9.17, 15) is 9.59 Å². The van der Waals surface area contributed by atoms with Crippen LogP contribution in [0.3, 0.4) is 0 Å². The molecule has 0 radical (unpaired) electrons. The molecule has 0 bridgehead atoms. The van der Waals surface area contributed by atoms with Gasteiger partial charge in [0.1, 0.15) is 5.76 Å². The largest absolute Gasteiger partial charge is 0.498 e. The Labute approximate surface area is 191 Å². The predicted octanol–water partition coefficient (Wildman–Crippen LogP) is 3.34. The summed E-state index contributed by atoms with van der Waals surface area (Å²) in [5.41, 5.74) is 7.56. The number of halogens is 1. The third-order valence-electron chi connectivity index (χ3n) is 6.06. The van der Waals surface area contributed by atoms with Crippen molar-refractivity contribution in [3.63, 3.8) is 0 Å². The molecule has 2 aromatic rings. The van der Waals surface area contributed by atoms with E-state index in [0.717, 1.165) is 11.1 Å². The average Bonchev–Trinajstić information content (AvgIpc) is 3.13. The number of methoxy groups -OCH3 is 2. The predicted molar refractivity (Wildman–Crippen MR) is 120 cm³/mol. The van der Waals surface area contributed by atoms with E-state index in [4.69, 9.17) is 26.8 Å². The summed E-state index contributed by atoms with van der Waals surface area (Å²) in [5.74, 6) is -0.0526. The minimum absolute atomic E-state index is 0.00441. The summed E-state index contributed by atoms with van der Waals surface area (Å²) in [6.45, 7) is 0.407. The van der Waals surface area contributed by atoms with Crippen molar-refractivity contribution in [2.45, 2.75) is 31.0 Å². The number of benzene rings is 1. The number of aromatic nitrogens is 1. The van der Waals surface area contributed by atoms with E-state index in [1.807, 2.05) is 24.3 Å². The van der Waals surface area contributed by atoms with Gasteiger partial charge in [-0.2, -0.15) is 0 Å². The Morgan fingerprint density at radius 3 is 2.66 bits per heavy atom. The molecule has 2 atom stereocenters. The second-order valence-corrected chi connectivity index (χ2v) is 8.26. The van der Waals surface area contributed by atoms with Crippen molar-refractivity contribution in [1.29, 1.82) is 0 Å². The fraction of sp³-hybridized carbons (Fsp3) is 0.292. The van der Waals surface area contributed by atoms with E-state index >= 15 is 0 Å². The third-order valence-corrected chi connectivity index (χ3v) is 6.28. The lowest BCUT2D eigenvalue weighted by atomic mass is 9.81. The Hall–Kier alpha value is -3.16.